The van der Waals surface area contributed by atoms with Crippen LogP contribution in [0.15, 0.2) is 48.5 Å². The smallest absolute Gasteiger partial charge is 0.343 e. The van der Waals surface area contributed by atoms with Crippen molar-refractivity contribution in [3.63, 3.8) is 0 Å². The van der Waals surface area contributed by atoms with Gasteiger partial charge in [-0.3, -0.25) is 4.79 Å². The zero-order valence-corrected chi connectivity index (χ0v) is 19.5. The Morgan fingerprint density at radius 3 is 1.72 bits per heavy atom. The Balaban J connectivity index is 1.52. The van der Waals surface area contributed by atoms with Crippen molar-refractivity contribution in [2.75, 3.05) is 6.61 Å². The molecule has 0 aromatic heterocycles. The largest absolute Gasteiger partial charge is 0.494 e. The van der Waals surface area contributed by atoms with Gasteiger partial charge in [0.2, 0.25) is 0 Å². The maximum Gasteiger partial charge on any atom is 0.343 e. The van der Waals surface area contributed by atoms with Crippen molar-refractivity contribution in [2.45, 2.75) is 84.0 Å². The number of unbranched alkanes of at least 4 members (excludes halogenated alkanes) is 11. The summed E-state index contributed by atoms with van der Waals surface area (Å²) in [5.74, 6) is 0.794. The van der Waals surface area contributed by atoms with Gasteiger partial charge in [0.1, 0.15) is 17.8 Å². The number of benzene rings is 2. The number of aldehydes is 1. The normalized spacial score (nSPS) is 10.7. The van der Waals surface area contributed by atoms with E-state index >= 15 is 0 Å². The molecule has 2 aromatic carbocycles. The van der Waals surface area contributed by atoms with E-state index in [0.717, 1.165) is 18.5 Å². The van der Waals surface area contributed by atoms with Gasteiger partial charge < -0.3 is 9.47 Å². The predicted octanol–water partition coefficient (Wildman–Crippen LogP) is 7.80. The first-order chi connectivity index (χ1) is 15.7. The summed E-state index contributed by atoms with van der Waals surface area (Å²) < 4.78 is 11.2. The van der Waals surface area contributed by atoms with Gasteiger partial charge in [-0.25, -0.2) is 4.79 Å². The van der Waals surface area contributed by atoms with E-state index in [1.54, 1.807) is 36.4 Å². The van der Waals surface area contributed by atoms with Crippen LogP contribution in [0.1, 0.15) is 105 Å². The van der Waals surface area contributed by atoms with Crippen LogP contribution in [0.25, 0.3) is 0 Å². The Morgan fingerprint density at radius 2 is 1.19 bits per heavy atom. The van der Waals surface area contributed by atoms with Crippen LogP contribution in [0.5, 0.6) is 11.5 Å². The van der Waals surface area contributed by atoms with Crippen LogP contribution in [-0.2, 0) is 0 Å². The second kappa shape index (κ2) is 16.1. The third-order valence-corrected chi connectivity index (χ3v) is 5.58. The second-order valence-corrected chi connectivity index (χ2v) is 8.34. The number of ether oxygens (including phenoxy) is 2. The Labute approximate surface area is 193 Å². The number of hydrogen-bond donors (Lipinski definition) is 0. The van der Waals surface area contributed by atoms with Crippen LogP contribution in [0.4, 0.5) is 0 Å². The number of carbonyl (C=O) groups excluding carboxylic acids is 2. The number of rotatable bonds is 17. The third kappa shape index (κ3) is 10.6. The van der Waals surface area contributed by atoms with Gasteiger partial charge in [0.05, 0.1) is 12.2 Å². The molecule has 0 spiro atoms. The van der Waals surface area contributed by atoms with Crippen molar-refractivity contribution in [2.24, 2.45) is 0 Å². The van der Waals surface area contributed by atoms with Gasteiger partial charge in [0.15, 0.2) is 0 Å². The molecule has 0 aliphatic carbocycles. The lowest BCUT2D eigenvalue weighted by Gasteiger charge is -2.08. The maximum absolute atomic E-state index is 12.2. The van der Waals surface area contributed by atoms with E-state index in [9.17, 15) is 9.59 Å². The summed E-state index contributed by atoms with van der Waals surface area (Å²) in [5.41, 5.74) is 0.930. The Morgan fingerprint density at radius 1 is 0.688 bits per heavy atom. The lowest BCUT2D eigenvalue weighted by Crippen LogP contribution is -2.08. The molecule has 0 N–H and O–H groups in total. The first-order valence-corrected chi connectivity index (χ1v) is 12.2. The lowest BCUT2D eigenvalue weighted by molar-refractivity contribution is 0.0734. The highest BCUT2D eigenvalue weighted by atomic mass is 16.5. The molecule has 0 bridgehead atoms. The van der Waals surface area contributed by atoms with Gasteiger partial charge >= 0.3 is 5.97 Å². The quantitative estimate of drug-likeness (QED) is 0.109. The van der Waals surface area contributed by atoms with Gasteiger partial charge in [-0.2, -0.15) is 0 Å². The average Bonchev–Trinajstić information content (AvgIpc) is 2.83. The summed E-state index contributed by atoms with van der Waals surface area (Å²) >= 11 is 0. The monoisotopic (exact) mass is 438 g/mol. The fraction of sp³-hybridized carbons (Fsp3) is 0.500. The molecular weight excluding hydrogens is 400 g/mol. The van der Waals surface area contributed by atoms with Crippen LogP contribution in [0.3, 0.4) is 0 Å². The van der Waals surface area contributed by atoms with E-state index in [1.807, 2.05) is 12.1 Å². The topological polar surface area (TPSA) is 52.6 Å². The summed E-state index contributed by atoms with van der Waals surface area (Å²) in [6.45, 7) is 2.97. The van der Waals surface area contributed by atoms with E-state index in [1.165, 1.54) is 70.6 Å². The first kappa shape index (κ1) is 25.6. The molecule has 174 valence electrons. The van der Waals surface area contributed by atoms with Crippen molar-refractivity contribution in [3.8, 4) is 11.5 Å². The fourth-order valence-corrected chi connectivity index (χ4v) is 3.60. The highest BCUT2D eigenvalue weighted by molar-refractivity contribution is 5.91. The Bertz CT molecular complexity index is 765. The standard InChI is InChI=1S/C28H38O4/c1-2-3-4-5-6-7-8-9-10-11-12-13-22-31-26-18-20-27(21-19-26)32-28(30)25-16-14-24(23-29)15-17-25/h14-21,23H,2-13,22H2,1H3. The number of esters is 1. The average molecular weight is 439 g/mol. The van der Waals surface area contributed by atoms with Crippen LogP contribution in [0, 0.1) is 0 Å². The molecule has 0 saturated carbocycles. The zero-order chi connectivity index (χ0) is 22.9. The van der Waals surface area contributed by atoms with Crippen LogP contribution < -0.4 is 9.47 Å². The molecular formula is C28H38O4. The molecule has 0 amide bonds. The fourth-order valence-electron chi connectivity index (χ4n) is 3.60. The van der Waals surface area contributed by atoms with Crippen LogP contribution in [0.2, 0.25) is 0 Å². The van der Waals surface area contributed by atoms with Crippen molar-refractivity contribution in [1.82, 2.24) is 0 Å². The molecule has 4 nitrogen and oxygen atoms in total. The van der Waals surface area contributed by atoms with Crippen LogP contribution >= 0.6 is 0 Å². The summed E-state index contributed by atoms with van der Waals surface area (Å²) in [6, 6.07) is 13.4. The summed E-state index contributed by atoms with van der Waals surface area (Å²) in [5, 5.41) is 0. The minimum absolute atomic E-state index is 0.405. The number of hydrogen-bond acceptors (Lipinski definition) is 4. The van der Waals surface area contributed by atoms with Gasteiger partial charge in [0, 0.05) is 5.56 Å². The molecule has 0 unspecified atom stereocenters. The highest BCUT2D eigenvalue weighted by Crippen LogP contribution is 2.19. The molecule has 32 heavy (non-hydrogen) atoms. The first-order valence-electron chi connectivity index (χ1n) is 12.2. The van der Waals surface area contributed by atoms with Gasteiger partial charge in [-0.15, -0.1) is 0 Å². The maximum atomic E-state index is 12.2. The van der Waals surface area contributed by atoms with Crippen molar-refractivity contribution < 1.29 is 19.1 Å². The van der Waals surface area contributed by atoms with Gasteiger partial charge in [0.25, 0.3) is 0 Å². The van der Waals surface area contributed by atoms with E-state index < -0.39 is 5.97 Å². The molecule has 0 fully saturated rings. The summed E-state index contributed by atoms with van der Waals surface area (Å²) in [7, 11) is 0. The minimum Gasteiger partial charge on any atom is -0.494 e. The van der Waals surface area contributed by atoms with Crippen molar-refractivity contribution in [3.05, 3.63) is 59.7 Å². The summed E-state index contributed by atoms with van der Waals surface area (Å²) in [6.07, 6.45) is 16.7. The van der Waals surface area contributed by atoms with E-state index in [-0.39, 0.29) is 0 Å². The second-order valence-electron chi connectivity index (χ2n) is 8.34. The van der Waals surface area contributed by atoms with Crippen LogP contribution in [-0.4, -0.2) is 18.9 Å². The highest BCUT2D eigenvalue weighted by Gasteiger charge is 2.08. The van der Waals surface area contributed by atoms with E-state index in [2.05, 4.69) is 6.92 Å². The third-order valence-electron chi connectivity index (χ3n) is 5.58. The Kier molecular flexibility index (Phi) is 12.9. The van der Waals surface area contributed by atoms with Crippen molar-refractivity contribution >= 4 is 12.3 Å². The molecule has 0 heterocycles. The zero-order valence-electron chi connectivity index (χ0n) is 19.5. The van der Waals surface area contributed by atoms with Gasteiger partial charge in [-0.05, 0) is 42.8 Å². The van der Waals surface area contributed by atoms with Crippen molar-refractivity contribution in [1.29, 1.82) is 0 Å². The molecule has 0 radical (unpaired) electrons. The Hall–Kier alpha value is -2.62. The molecule has 0 aliphatic heterocycles. The van der Waals surface area contributed by atoms with E-state index in [4.69, 9.17) is 9.47 Å². The molecule has 4 heteroatoms. The molecule has 0 saturated heterocycles. The molecule has 2 rings (SSSR count). The lowest BCUT2D eigenvalue weighted by atomic mass is 10.1. The van der Waals surface area contributed by atoms with E-state index in [0.29, 0.717) is 23.5 Å². The SMILES string of the molecule is CCCCCCCCCCCCCCOc1ccc(OC(=O)c2ccc(C=O)cc2)cc1. The number of carbonyl (C=O) groups is 2. The predicted molar refractivity (Wildman–Crippen MR) is 130 cm³/mol. The van der Waals surface area contributed by atoms with Gasteiger partial charge in [-0.1, -0.05) is 89.7 Å². The minimum atomic E-state index is -0.451. The molecule has 2 aromatic rings. The molecule has 0 aliphatic rings. The molecule has 0 atom stereocenters. The summed E-state index contributed by atoms with van der Waals surface area (Å²) in [4.78, 5) is 22.9.